The van der Waals surface area contributed by atoms with Crippen LogP contribution in [0, 0.1) is 22.2 Å². The quantitative estimate of drug-likeness (QED) is 0.747. The van der Waals surface area contributed by atoms with Crippen molar-refractivity contribution in [2.24, 2.45) is 16.6 Å². The maximum atomic E-state index is 11.6. The Morgan fingerprint density at radius 1 is 0.885 bits per heavy atom. The van der Waals surface area contributed by atoms with Crippen molar-refractivity contribution in [2.75, 3.05) is 19.8 Å². The van der Waals surface area contributed by atoms with E-state index in [1.807, 2.05) is 6.92 Å². The van der Waals surface area contributed by atoms with Gasteiger partial charge in [0.25, 0.3) is 0 Å². The molecule has 148 valence electrons. The number of hydrogen-bond donors (Lipinski definition) is 1. The zero-order valence-corrected chi connectivity index (χ0v) is 16.3. The normalized spacial score (nSPS) is 20.7. The minimum Gasteiger partial charge on any atom is -0.466 e. The van der Waals surface area contributed by atoms with Crippen molar-refractivity contribution in [1.29, 1.82) is 5.26 Å². The predicted octanol–water partition coefficient (Wildman–Crippen LogP) is 3.48. The van der Waals surface area contributed by atoms with Gasteiger partial charge in [-0.3, -0.25) is 9.59 Å². The SMILES string of the molecule is CCOC(=O)C1(C#N)CCCCC1.CCOC(=O)C1(CN)CCCCC1. The molecule has 0 saturated heterocycles. The first-order chi connectivity index (χ1) is 12.5. The Labute approximate surface area is 157 Å². The van der Waals surface area contributed by atoms with E-state index < -0.39 is 5.41 Å². The van der Waals surface area contributed by atoms with Crippen molar-refractivity contribution in [3.8, 4) is 6.07 Å². The molecule has 26 heavy (non-hydrogen) atoms. The molecular weight excluding hydrogens is 332 g/mol. The van der Waals surface area contributed by atoms with Crippen molar-refractivity contribution in [3.63, 3.8) is 0 Å². The summed E-state index contributed by atoms with van der Waals surface area (Å²) in [5.41, 5.74) is 4.49. The number of ether oxygens (including phenoxy) is 2. The summed E-state index contributed by atoms with van der Waals surface area (Å²) in [6.07, 6.45) is 9.64. The van der Waals surface area contributed by atoms with E-state index in [2.05, 4.69) is 6.07 Å². The minimum atomic E-state index is -0.825. The first-order valence-corrected chi connectivity index (χ1v) is 9.96. The van der Waals surface area contributed by atoms with Gasteiger partial charge in [0.05, 0.1) is 24.7 Å². The molecule has 0 amide bonds. The molecule has 2 fully saturated rings. The minimum absolute atomic E-state index is 0.0859. The van der Waals surface area contributed by atoms with Gasteiger partial charge in [-0.25, -0.2) is 0 Å². The van der Waals surface area contributed by atoms with Crippen LogP contribution in [0.3, 0.4) is 0 Å². The molecule has 0 atom stereocenters. The van der Waals surface area contributed by atoms with Gasteiger partial charge in [-0.1, -0.05) is 38.5 Å². The van der Waals surface area contributed by atoms with E-state index in [0.29, 0.717) is 32.6 Å². The summed E-state index contributed by atoms with van der Waals surface area (Å²) in [6.45, 7) is 4.87. The topological polar surface area (TPSA) is 102 Å². The molecule has 0 aliphatic heterocycles. The maximum Gasteiger partial charge on any atom is 0.326 e. The van der Waals surface area contributed by atoms with Gasteiger partial charge in [0, 0.05) is 6.54 Å². The summed E-state index contributed by atoms with van der Waals surface area (Å²) >= 11 is 0. The van der Waals surface area contributed by atoms with Gasteiger partial charge in [0.15, 0.2) is 5.41 Å². The lowest BCUT2D eigenvalue weighted by Gasteiger charge is -2.33. The smallest absolute Gasteiger partial charge is 0.326 e. The molecule has 0 spiro atoms. The van der Waals surface area contributed by atoms with Crippen LogP contribution in [0.2, 0.25) is 0 Å². The van der Waals surface area contributed by atoms with E-state index in [-0.39, 0.29) is 17.4 Å². The van der Waals surface area contributed by atoms with Gasteiger partial charge in [0.1, 0.15) is 0 Å². The number of nitriles is 1. The monoisotopic (exact) mass is 366 g/mol. The Hall–Kier alpha value is -1.61. The van der Waals surface area contributed by atoms with Crippen molar-refractivity contribution in [2.45, 2.75) is 78.1 Å². The molecule has 0 aromatic rings. The van der Waals surface area contributed by atoms with E-state index in [1.54, 1.807) is 6.92 Å². The number of carbonyl (C=O) groups is 2. The maximum absolute atomic E-state index is 11.6. The third-order valence-corrected chi connectivity index (χ3v) is 5.50. The molecule has 6 nitrogen and oxygen atoms in total. The Morgan fingerprint density at radius 2 is 1.35 bits per heavy atom. The van der Waals surface area contributed by atoms with Crippen molar-refractivity contribution in [1.82, 2.24) is 0 Å². The van der Waals surface area contributed by atoms with Gasteiger partial charge in [0.2, 0.25) is 0 Å². The molecule has 0 heterocycles. The molecule has 0 unspecified atom stereocenters. The van der Waals surface area contributed by atoms with E-state index in [9.17, 15) is 9.59 Å². The van der Waals surface area contributed by atoms with Crippen LogP contribution >= 0.6 is 0 Å². The second kappa shape index (κ2) is 11.2. The third-order valence-electron chi connectivity index (χ3n) is 5.50. The lowest BCUT2D eigenvalue weighted by Crippen LogP contribution is -2.41. The van der Waals surface area contributed by atoms with Crippen molar-refractivity contribution < 1.29 is 19.1 Å². The molecule has 6 heteroatoms. The van der Waals surface area contributed by atoms with E-state index >= 15 is 0 Å². The molecular formula is C20H34N2O4. The first kappa shape index (κ1) is 22.4. The third kappa shape index (κ3) is 5.70. The Kier molecular flexibility index (Phi) is 9.64. The highest BCUT2D eigenvalue weighted by atomic mass is 16.5. The zero-order chi connectivity index (χ0) is 19.5. The van der Waals surface area contributed by atoms with Crippen LogP contribution in [-0.2, 0) is 19.1 Å². The number of carbonyl (C=O) groups excluding carboxylic acids is 2. The van der Waals surface area contributed by atoms with Crippen LogP contribution in [0.4, 0.5) is 0 Å². The number of hydrogen-bond acceptors (Lipinski definition) is 6. The summed E-state index contributed by atoms with van der Waals surface area (Å²) in [7, 11) is 0. The highest BCUT2D eigenvalue weighted by molar-refractivity contribution is 5.80. The van der Waals surface area contributed by atoms with E-state index in [1.165, 1.54) is 6.42 Å². The van der Waals surface area contributed by atoms with Crippen LogP contribution in [0.1, 0.15) is 78.1 Å². The fourth-order valence-electron chi connectivity index (χ4n) is 3.79. The van der Waals surface area contributed by atoms with Crippen LogP contribution < -0.4 is 5.73 Å². The second-order valence-corrected chi connectivity index (χ2v) is 7.24. The zero-order valence-electron chi connectivity index (χ0n) is 16.3. The highest BCUT2D eigenvalue weighted by Crippen LogP contribution is 2.37. The molecule has 0 aromatic carbocycles. The molecule has 0 aromatic heterocycles. The van der Waals surface area contributed by atoms with E-state index in [4.69, 9.17) is 20.5 Å². The fraction of sp³-hybridized carbons (Fsp3) is 0.850. The Bertz CT molecular complexity index is 487. The van der Waals surface area contributed by atoms with Crippen molar-refractivity contribution >= 4 is 11.9 Å². The van der Waals surface area contributed by atoms with Gasteiger partial charge in [-0.15, -0.1) is 0 Å². The van der Waals surface area contributed by atoms with Gasteiger partial charge < -0.3 is 15.2 Å². The van der Waals surface area contributed by atoms with Crippen LogP contribution in [0.5, 0.6) is 0 Å². The first-order valence-electron chi connectivity index (χ1n) is 9.96. The lowest BCUT2D eigenvalue weighted by atomic mass is 9.74. The van der Waals surface area contributed by atoms with Crippen molar-refractivity contribution in [3.05, 3.63) is 0 Å². The summed E-state index contributed by atoms with van der Waals surface area (Å²) in [4.78, 5) is 23.2. The van der Waals surface area contributed by atoms with E-state index in [0.717, 1.165) is 44.9 Å². The Morgan fingerprint density at radius 3 is 1.77 bits per heavy atom. The summed E-state index contributed by atoms with van der Waals surface area (Å²) < 4.78 is 9.97. The number of nitrogens with zero attached hydrogens (tertiary/aromatic N) is 1. The van der Waals surface area contributed by atoms with Gasteiger partial charge >= 0.3 is 11.9 Å². The lowest BCUT2D eigenvalue weighted by molar-refractivity contribution is -0.157. The van der Waals surface area contributed by atoms with Gasteiger partial charge in [-0.2, -0.15) is 5.26 Å². The molecule has 0 radical (unpaired) electrons. The largest absolute Gasteiger partial charge is 0.466 e. The van der Waals surface area contributed by atoms with Crippen LogP contribution in [0.25, 0.3) is 0 Å². The molecule has 2 aliphatic rings. The number of rotatable bonds is 5. The molecule has 2 N–H and O–H groups in total. The van der Waals surface area contributed by atoms with Crippen LogP contribution in [0.15, 0.2) is 0 Å². The molecule has 2 rings (SSSR count). The second-order valence-electron chi connectivity index (χ2n) is 7.24. The summed E-state index contributed by atoms with van der Waals surface area (Å²) in [5, 5.41) is 8.99. The predicted molar refractivity (Wildman–Crippen MR) is 99.0 cm³/mol. The van der Waals surface area contributed by atoms with Gasteiger partial charge in [-0.05, 0) is 39.5 Å². The summed E-state index contributed by atoms with van der Waals surface area (Å²) in [5.74, 6) is -0.408. The molecule has 0 bridgehead atoms. The summed E-state index contributed by atoms with van der Waals surface area (Å²) in [6, 6.07) is 2.13. The Balaban J connectivity index is 0.000000260. The fourth-order valence-corrected chi connectivity index (χ4v) is 3.79. The average molecular weight is 367 g/mol. The van der Waals surface area contributed by atoms with Crippen LogP contribution in [-0.4, -0.2) is 31.7 Å². The number of nitrogens with two attached hydrogens (primary N) is 1. The average Bonchev–Trinajstić information content (AvgIpc) is 2.70. The standard InChI is InChI=1S/C10H19NO2.C10H15NO2/c2*1-2-13-9(12)10(8-11)6-4-3-5-7-10/h2-8,11H2,1H3;2-7H2,1H3. The molecule has 2 saturated carbocycles. The highest BCUT2D eigenvalue weighted by Gasteiger charge is 2.41. The number of esters is 2. The molecule has 2 aliphatic carbocycles.